The van der Waals surface area contributed by atoms with Crippen molar-refractivity contribution >= 4 is 45.1 Å². The van der Waals surface area contributed by atoms with Crippen LogP contribution in [0.2, 0.25) is 5.02 Å². The van der Waals surface area contributed by atoms with E-state index in [-0.39, 0.29) is 17.1 Å². The van der Waals surface area contributed by atoms with E-state index in [9.17, 15) is 19.2 Å². The Morgan fingerprint density at radius 2 is 2.19 bits per heavy atom. The zero-order chi connectivity index (χ0) is 19.7. The van der Waals surface area contributed by atoms with Gasteiger partial charge in [-0.15, -0.1) is 0 Å². The quantitative estimate of drug-likeness (QED) is 0.654. The first-order valence-electron chi connectivity index (χ1n) is 7.90. The second-order valence-electron chi connectivity index (χ2n) is 5.95. The number of carbonyl (C=O) groups is 2. The first-order chi connectivity index (χ1) is 12.9. The molecule has 5 nitrogen and oxygen atoms in total. The lowest BCUT2D eigenvalue weighted by molar-refractivity contribution is -0.145. The molecule has 2 aromatic carbocycles. The molecule has 0 bridgehead atoms. The van der Waals surface area contributed by atoms with Crippen molar-refractivity contribution in [2.24, 2.45) is 5.92 Å². The number of fused-ring (bicyclic) bond motifs is 1. The summed E-state index contributed by atoms with van der Waals surface area (Å²) in [6, 6.07) is 11.2. The molecule has 2 aromatic rings. The summed E-state index contributed by atoms with van der Waals surface area (Å²) >= 11 is 9.48. The lowest BCUT2D eigenvalue weighted by atomic mass is 9.88. The van der Waals surface area contributed by atoms with Gasteiger partial charge < -0.3 is 9.64 Å². The largest absolute Gasteiger partial charge is 0.468 e. The van der Waals surface area contributed by atoms with Gasteiger partial charge in [-0.25, -0.2) is 4.39 Å². The Labute approximate surface area is 168 Å². The lowest BCUT2D eigenvalue weighted by Crippen LogP contribution is -2.33. The molecule has 1 amide bonds. The highest BCUT2D eigenvalue weighted by Crippen LogP contribution is 2.46. The Morgan fingerprint density at radius 3 is 2.81 bits per heavy atom. The van der Waals surface area contributed by atoms with E-state index in [1.54, 1.807) is 30.3 Å². The third-order valence-electron chi connectivity index (χ3n) is 4.43. The Hall–Kier alpha value is -2.43. The molecule has 27 heavy (non-hydrogen) atoms. The van der Waals surface area contributed by atoms with Crippen LogP contribution in [-0.2, 0) is 20.9 Å². The monoisotopic (exact) mass is 450 g/mol. The second-order valence-corrected chi connectivity index (χ2v) is 7.27. The summed E-state index contributed by atoms with van der Waals surface area (Å²) in [7, 11) is 1.15. The molecular formula is C19H13BrClFN2O3. The number of hydrogen-bond acceptors (Lipinski definition) is 4. The van der Waals surface area contributed by atoms with E-state index < -0.39 is 29.5 Å². The number of carbonyl (C=O) groups excluding carboxylic acids is 2. The number of esters is 1. The number of nitriles is 1. The summed E-state index contributed by atoms with van der Waals surface area (Å²) in [4.78, 5) is 26.4. The van der Waals surface area contributed by atoms with Gasteiger partial charge in [-0.3, -0.25) is 9.59 Å². The van der Waals surface area contributed by atoms with E-state index in [1.165, 1.54) is 11.0 Å². The molecule has 0 N–H and O–H groups in total. The highest BCUT2D eigenvalue weighted by atomic mass is 79.9. The Balaban J connectivity index is 2.08. The van der Waals surface area contributed by atoms with Crippen molar-refractivity contribution in [2.45, 2.75) is 12.5 Å². The van der Waals surface area contributed by atoms with E-state index in [2.05, 4.69) is 20.7 Å². The molecule has 2 unspecified atom stereocenters. The van der Waals surface area contributed by atoms with Crippen molar-refractivity contribution < 1.29 is 18.7 Å². The maximum absolute atomic E-state index is 14.3. The molecule has 0 aliphatic carbocycles. The van der Waals surface area contributed by atoms with Crippen LogP contribution in [0, 0.1) is 23.1 Å². The molecule has 3 rings (SSSR count). The summed E-state index contributed by atoms with van der Waals surface area (Å²) in [6.45, 7) is -0.0789. The zero-order valence-corrected chi connectivity index (χ0v) is 16.4. The summed E-state index contributed by atoms with van der Waals surface area (Å²) in [5, 5.41) is 9.71. The van der Waals surface area contributed by atoms with E-state index in [1.807, 2.05) is 6.07 Å². The first-order valence-corrected chi connectivity index (χ1v) is 9.07. The van der Waals surface area contributed by atoms with E-state index >= 15 is 0 Å². The van der Waals surface area contributed by atoms with Gasteiger partial charge in [0.2, 0.25) is 5.91 Å². The summed E-state index contributed by atoms with van der Waals surface area (Å²) in [5.74, 6) is -4.18. The number of methoxy groups -OCH3 is 1. The molecule has 1 aliphatic heterocycles. The standard InChI is InChI=1S/C19H13BrClFN2O3/c1-27-19(26)13(8-23)16-12-3-2-4-14(21)17(12)24(18(16)25)9-10-5-6-11(20)7-15(10)22/h2-7,13,16H,9H2,1H3. The molecule has 1 heterocycles. The molecule has 0 aromatic heterocycles. The maximum atomic E-state index is 14.3. The van der Waals surface area contributed by atoms with Crippen molar-refractivity contribution in [1.82, 2.24) is 0 Å². The molecule has 138 valence electrons. The molecule has 0 saturated carbocycles. The normalized spacial score (nSPS) is 16.6. The van der Waals surface area contributed by atoms with Gasteiger partial charge in [0, 0.05) is 10.0 Å². The lowest BCUT2D eigenvalue weighted by Gasteiger charge is -2.20. The van der Waals surface area contributed by atoms with Gasteiger partial charge in [0.25, 0.3) is 0 Å². The smallest absolute Gasteiger partial charge is 0.324 e. The van der Waals surface area contributed by atoms with Crippen LogP contribution in [0.5, 0.6) is 0 Å². The number of para-hydroxylation sites is 1. The Morgan fingerprint density at radius 1 is 1.44 bits per heavy atom. The van der Waals surface area contributed by atoms with Crippen LogP contribution in [0.15, 0.2) is 40.9 Å². The van der Waals surface area contributed by atoms with Crippen LogP contribution >= 0.6 is 27.5 Å². The highest BCUT2D eigenvalue weighted by molar-refractivity contribution is 9.10. The number of halogens is 3. The SMILES string of the molecule is COC(=O)C(C#N)C1C(=O)N(Cc2ccc(Br)cc2F)c2c(Cl)cccc21. The summed E-state index contributed by atoms with van der Waals surface area (Å²) in [5.41, 5.74) is 1.10. The van der Waals surface area contributed by atoms with Crippen LogP contribution in [-0.4, -0.2) is 19.0 Å². The predicted molar refractivity (Wildman–Crippen MR) is 101 cm³/mol. The maximum Gasteiger partial charge on any atom is 0.324 e. The number of rotatable bonds is 4. The van der Waals surface area contributed by atoms with E-state index in [0.29, 0.717) is 15.7 Å². The molecule has 0 radical (unpaired) electrons. The Bertz CT molecular complexity index is 976. The zero-order valence-electron chi connectivity index (χ0n) is 14.1. The fourth-order valence-electron chi connectivity index (χ4n) is 3.17. The second kappa shape index (κ2) is 7.67. The van der Waals surface area contributed by atoms with Crippen LogP contribution < -0.4 is 4.90 Å². The van der Waals surface area contributed by atoms with Crippen molar-refractivity contribution in [3.63, 3.8) is 0 Å². The van der Waals surface area contributed by atoms with Gasteiger partial charge in [-0.2, -0.15) is 5.26 Å². The molecule has 8 heteroatoms. The van der Waals surface area contributed by atoms with Crippen molar-refractivity contribution in [1.29, 1.82) is 5.26 Å². The van der Waals surface area contributed by atoms with Crippen LogP contribution in [0.1, 0.15) is 17.0 Å². The van der Waals surface area contributed by atoms with Crippen molar-refractivity contribution in [3.8, 4) is 6.07 Å². The van der Waals surface area contributed by atoms with Gasteiger partial charge in [-0.1, -0.05) is 45.7 Å². The molecule has 2 atom stereocenters. The van der Waals surface area contributed by atoms with Crippen LogP contribution in [0.3, 0.4) is 0 Å². The third-order valence-corrected chi connectivity index (χ3v) is 5.22. The fraction of sp³-hybridized carbons (Fsp3) is 0.211. The third kappa shape index (κ3) is 3.43. The minimum absolute atomic E-state index is 0.0789. The highest BCUT2D eigenvalue weighted by Gasteiger charge is 2.46. The number of amides is 1. The predicted octanol–water partition coefficient (Wildman–Crippen LogP) is 4.18. The van der Waals surface area contributed by atoms with Gasteiger partial charge in [0.1, 0.15) is 5.82 Å². The number of ether oxygens (including phenoxy) is 1. The molecule has 0 spiro atoms. The van der Waals surface area contributed by atoms with Crippen LogP contribution in [0.4, 0.5) is 10.1 Å². The minimum atomic E-state index is -1.32. The molecule has 1 aliphatic rings. The number of anilines is 1. The topological polar surface area (TPSA) is 70.4 Å². The minimum Gasteiger partial charge on any atom is -0.468 e. The van der Waals surface area contributed by atoms with E-state index in [0.717, 1.165) is 7.11 Å². The Kier molecular flexibility index (Phi) is 5.49. The molecule has 0 fully saturated rings. The van der Waals surface area contributed by atoms with Crippen LogP contribution in [0.25, 0.3) is 0 Å². The van der Waals surface area contributed by atoms with Gasteiger partial charge in [-0.05, 0) is 23.8 Å². The number of hydrogen-bond donors (Lipinski definition) is 0. The van der Waals surface area contributed by atoms with E-state index in [4.69, 9.17) is 11.6 Å². The fourth-order valence-corrected chi connectivity index (χ4v) is 3.79. The molecular weight excluding hydrogens is 439 g/mol. The van der Waals surface area contributed by atoms with Crippen molar-refractivity contribution in [3.05, 3.63) is 62.8 Å². The molecule has 0 saturated heterocycles. The van der Waals surface area contributed by atoms with Gasteiger partial charge >= 0.3 is 5.97 Å². The number of nitrogens with zero attached hydrogens (tertiary/aromatic N) is 2. The summed E-state index contributed by atoms with van der Waals surface area (Å²) < 4.78 is 19.5. The average Bonchev–Trinajstić information content (AvgIpc) is 2.91. The van der Waals surface area contributed by atoms with Gasteiger partial charge in [0.15, 0.2) is 5.92 Å². The average molecular weight is 452 g/mol. The number of benzene rings is 2. The summed E-state index contributed by atoms with van der Waals surface area (Å²) in [6.07, 6.45) is 0. The first kappa shape index (κ1) is 19.3. The van der Waals surface area contributed by atoms with Gasteiger partial charge in [0.05, 0.1) is 36.4 Å². The van der Waals surface area contributed by atoms with Crippen molar-refractivity contribution in [2.75, 3.05) is 12.0 Å².